The molecule has 4 N–H and O–H groups in total. The lowest BCUT2D eigenvalue weighted by atomic mass is 10.1. The zero-order chi connectivity index (χ0) is 19.3. The summed E-state index contributed by atoms with van der Waals surface area (Å²) in [6.45, 7) is -0.0126. The molecular weight excluding hydrogens is 371 g/mol. The number of nitrogens with zero attached hydrogens (tertiary/aromatic N) is 3. The summed E-state index contributed by atoms with van der Waals surface area (Å²) in [4.78, 5) is 7.48. The van der Waals surface area contributed by atoms with E-state index in [9.17, 15) is 13.2 Å². The average Bonchev–Trinajstić information content (AvgIpc) is 2.58. The van der Waals surface area contributed by atoms with Gasteiger partial charge in [-0.3, -0.25) is 0 Å². The van der Waals surface area contributed by atoms with E-state index < -0.39 is 17.6 Å². The highest BCUT2D eigenvalue weighted by atomic mass is 35.5. The maximum Gasteiger partial charge on any atom is 0.421 e. The Balaban J connectivity index is 2.44. The fourth-order valence-corrected chi connectivity index (χ4v) is 2.34. The van der Waals surface area contributed by atoms with Gasteiger partial charge in [-0.15, -0.1) is 0 Å². The van der Waals surface area contributed by atoms with Crippen LogP contribution in [0.5, 0.6) is 0 Å². The van der Waals surface area contributed by atoms with Crippen molar-refractivity contribution in [1.29, 1.82) is 10.7 Å². The van der Waals surface area contributed by atoms with Gasteiger partial charge in [0.1, 0.15) is 17.9 Å². The third-order valence-electron chi connectivity index (χ3n) is 3.22. The molecule has 0 aliphatic rings. The molecule has 0 amide bonds. The fourth-order valence-electron chi connectivity index (χ4n) is 2.12. The van der Waals surface area contributed by atoms with E-state index in [0.717, 1.165) is 6.21 Å². The van der Waals surface area contributed by atoms with Crippen molar-refractivity contribution in [3.05, 3.63) is 34.5 Å². The van der Waals surface area contributed by atoms with Gasteiger partial charge in [0.05, 0.1) is 11.8 Å². The lowest BCUT2D eigenvalue weighted by Gasteiger charge is -2.15. The molecule has 2 rings (SSSR count). The Morgan fingerprint density at radius 3 is 2.62 bits per heavy atom. The fraction of sp³-hybridized carbons (Fsp3) is 0.200. The van der Waals surface area contributed by atoms with Crippen molar-refractivity contribution in [3.8, 4) is 6.07 Å². The maximum atomic E-state index is 12.9. The van der Waals surface area contributed by atoms with Crippen LogP contribution in [-0.2, 0) is 6.18 Å². The van der Waals surface area contributed by atoms with Crippen molar-refractivity contribution >= 4 is 41.0 Å². The van der Waals surface area contributed by atoms with Crippen LogP contribution < -0.4 is 16.0 Å². The normalized spacial score (nSPS) is 10.8. The predicted molar refractivity (Wildman–Crippen MR) is 93.3 cm³/mol. The number of hydrogen-bond donors (Lipinski definition) is 4. The van der Waals surface area contributed by atoms with E-state index in [4.69, 9.17) is 22.3 Å². The van der Waals surface area contributed by atoms with Crippen molar-refractivity contribution in [2.24, 2.45) is 0 Å². The highest BCUT2D eigenvalue weighted by Crippen LogP contribution is 2.34. The van der Waals surface area contributed by atoms with Gasteiger partial charge in [0, 0.05) is 35.7 Å². The predicted octanol–water partition coefficient (Wildman–Crippen LogP) is 3.87. The maximum absolute atomic E-state index is 12.9. The summed E-state index contributed by atoms with van der Waals surface area (Å²) in [5.74, 6) is -0.504. The van der Waals surface area contributed by atoms with Gasteiger partial charge < -0.3 is 21.4 Å². The number of benzene rings is 1. The molecule has 0 unspecified atom stereocenters. The number of alkyl halides is 3. The molecule has 0 radical (unpaired) electrons. The molecule has 136 valence electrons. The van der Waals surface area contributed by atoms with Gasteiger partial charge in [0.2, 0.25) is 5.95 Å². The number of rotatable bonds is 6. The van der Waals surface area contributed by atoms with E-state index in [1.165, 1.54) is 19.2 Å². The van der Waals surface area contributed by atoms with E-state index in [1.54, 1.807) is 0 Å². The molecule has 2 aromatic rings. The van der Waals surface area contributed by atoms with Crippen LogP contribution in [0.4, 0.5) is 36.3 Å². The van der Waals surface area contributed by atoms with Crippen molar-refractivity contribution in [1.82, 2.24) is 9.97 Å². The molecule has 0 aliphatic carbocycles. The highest BCUT2D eigenvalue weighted by Gasteiger charge is 2.35. The van der Waals surface area contributed by atoms with Gasteiger partial charge in [-0.1, -0.05) is 11.6 Å². The molecule has 1 aromatic heterocycles. The molecule has 0 saturated carbocycles. The summed E-state index contributed by atoms with van der Waals surface area (Å²) in [6.07, 6.45) is -2.92. The first-order valence-corrected chi connectivity index (χ1v) is 7.51. The van der Waals surface area contributed by atoms with Crippen LogP contribution in [0.1, 0.15) is 11.1 Å². The Bertz CT molecular complexity index is 862. The van der Waals surface area contributed by atoms with Crippen molar-refractivity contribution in [2.45, 2.75) is 6.18 Å². The van der Waals surface area contributed by atoms with Crippen molar-refractivity contribution < 1.29 is 13.2 Å². The summed E-state index contributed by atoms with van der Waals surface area (Å²) in [7, 11) is 1.31. The molecule has 1 heterocycles. The molecule has 26 heavy (non-hydrogen) atoms. The van der Waals surface area contributed by atoms with Crippen LogP contribution in [0.2, 0.25) is 5.02 Å². The van der Waals surface area contributed by atoms with Crippen molar-refractivity contribution in [2.75, 3.05) is 29.5 Å². The zero-order valence-electron chi connectivity index (χ0n) is 13.4. The smallest absolute Gasteiger partial charge is 0.372 e. The Hall–Kier alpha value is -3.06. The number of anilines is 4. The summed E-state index contributed by atoms with van der Waals surface area (Å²) < 4.78 is 38.7. The van der Waals surface area contributed by atoms with E-state index in [2.05, 4.69) is 25.9 Å². The monoisotopic (exact) mass is 383 g/mol. The molecule has 7 nitrogen and oxygen atoms in total. The Kier molecular flexibility index (Phi) is 5.84. The second kappa shape index (κ2) is 7.88. The SMILES string of the molecule is CNc1nc(Nc2cc(Cl)cc(NCC#N)c2C=N)ncc1C(F)(F)F. The Morgan fingerprint density at radius 2 is 2.04 bits per heavy atom. The minimum absolute atomic E-state index is 0.0126. The molecule has 0 aliphatic heterocycles. The van der Waals surface area contributed by atoms with Crippen LogP contribution in [0.3, 0.4) is 0 Å². The second-order valence-corrected chi connectivity index (χ2v) is 5.34. The average molecular weight is 384 g/mol. The lowest BCUT2D eigenvalue weighted by Crippen LogP contribution is -2.13. The van der Waals surface area contributed by atoms with Gasteiger partial charge in [-0.25, -0.2) is 4.98 Å². The van der Waals surface area contributed by atoms with Gasteiger partial charge in [0.25, 0.3) is 0 Å². The van der Waals surface area contributed by atoms with E-state index in [-0.39, 0.29) is 12.5 Å². The first kappa shape index (κ1) is 19.3. The van der Waals surface area contributed by atoms with Crippen molar-refractivity contribution in [3.63, 3.8) is 0 Å². The largest absolute Gasteiger partial charge is 0.421 e. The van der Waals surface area contributed by atoms with Crippen LogP contribution in [0.15, 0.2) is 18.3 Å². The van der Waals surface area contributed by atoms with Gasteiger partial charge in [-0.2, -0.15) is 23.4 Å². The van der Waals surface area contributed by atoms with Crippen LogP contribution in [0.25, 0.3) is 0 Å². The van der Waals surface area contributed by atoms with Gasteiger partial charge in [-0.05, 0) is 12.1 Å². The quantitative estimate of drug-likeness (QED) is 0.445. The van der Waals surface area contributed by atoms with E-state index >= 15 is 0 Å². The first-order chi connectivity index (χ1) is 12.3. The number of hydrogen-bond acceptors (Lipinski definition) is 7. The Morgan fingerprint density at radius 1 is 1.35 bits per heavy atom. The van der Waals surface area contributed by atoms with E-state index in [0.29, 0.717) is 28.2 Å². The third-order valence-corrected chi connectivity index (χ3v) is 3.44. The molecule has 11 heteroatoms. The second-order valence-electron chi connectivity index (χ2n) is 4.90. The van der Waals surface area contributed by atoms with Gasteiger partial charge in [0.15, 0.2) is 0 Å². The number of halogens is 4. The number of nitriles is 1. The molecule has 0 spiro atoms. The minimum atomic E-state index is -4.60. The standard InChI is InChI=1S/C15H13ClF3N7/c1-22-13-10(15(17,18)19)7-24-14(26-13)25-12-5-8(16)4-11(9(12)6-21)23-3-2-20/h4-7,21,23H,3H2,1H3,(H2,22,24,25,26). The third kappa shape index (κ3) is 4.31. The summed E-state index contributed by atoms with van der Waals surface area (Å²) in [5.41, 5.74) is 0.0616. The zero-order valence-corrected chi connectivity index (χ0v) is 14.1. The van der Waals surface area contributed by atoms with Crippen LogP contribution >= 0.6 is 11.6 Å². The number of aromatic nitrogens is 2. The lowest BCUT2D eigenvalue weighted by molar-refractivity contribution is -0.137. The van der Waals surface area contributed by atoms with E-state index in [1.807, 2.05) is 6.07 Å². The van der Waals surface area contributed by atoms with Crippen LogP contribution in [-0.4, -0.2) is 29.8 Å². The first-order valence-electron chi connectivity index (χ1n) is 7.14. The molecule has 1 aromatic carbocycles. The molecular formula is C15H13ClF3N7. The van der Waals surface area contributed by atoms with Crippen LogP contribution in [0, 0.1) is 16.7 Å². The molecule has 0 fully saturated rings. The molecule has 0 atom stereocenters. The minimum Gasteiger partial charge on any atom is -0.372 e. The summed E-state index contributed by atoms with van der Waals surface area (Å²) in [5, 5.41) is 24.4. The summed E-state index contributed by atoms with van der Waals surface area (Å²) >= 11 is 6.03. The Labute approximate surface area is 151 Å². The summed E-state index contributed by atoms with van der Waals surface area (Å²) in [6, 6.07) is 4.90. The topological polar surface area (TPSA) is 110 Å². The van der Waals surface area contributed by atoms with Gasteiger partial charge >= 0.3 is 6.18 Å². The highest BCUT2D eigenvalue weighted by molar-refractivity contribution is 6.31. The molecule has 0 bridgehead atoms. The number of nitrogens with one attached hydrogen (secondary N) is 4. The molecule has 0 saturated heterocycles.